The van der Waals surface area contributed by atoms with Gasteiger partial charge in [-0.2, -0.15) is 0 Å². The first-order chi connectivity index (χ1) is 10.9. The third-order valence-electron chi connectivity index (χ3n) is 3.49. The summed E-state index contributed by atoms with van der Waals surface area (Å²) in [7, 11) is 0. The van der Waals surface area contributed by atoms with Gasteiger partial charge in [0.05, 0.1) is 27.6 Å². The fourth-order valence-electron chi connectivity index (χ4n) is 2.42. The number of hydrogen-bond donors (Lipinski definition) is 0. The second kappa shape index (κ2) is 7.14. The van der Waals surface area contributed by atoms with E-state index in [1.807, 2.05) is 0 Å². The molecule has 124 valence electrons. The molecule has 0 amide bonds. The smallest absolute Gasteiger partial charge is 0.338 e. The van der Waals surface area contributed by atoms with Gasteiger partial charge < -0.3 is 9.47 Å². The molecule has 1 aliphatic rings. The van der Waals surface area contributed by atoms with Gasteiger partial charge in [0.1, 0.15) is 6.10 Å². The molecule has 0 saturated carbocycles. The van der Waals surface area contributed by atoms with Gasteiger partial charge in [-0.25, -0.2) is 4.79 Å². The van der Waals surface area contributed by atoms with E-state index in [9.17, 15) is 25.0 Å². The molecule has 0 radical (unpaired) electrons. The number of hydrogen-bond acceptors (Lipinski definition) is 7. The van der Waals surface area contributed by atoms with Crippen LogP contribution in [0.4, 0.5) is 11.4 Å². The van der Waals surface area contributed by atoms with E-state index in [-0.39, 0.29) is 11.7 Å². The van der Waals surface area contributed by atoms with Crippen molar-refractivity contribution >= 4 is 17.3 Å². The van der Waals surface area contributed by atoms with Crippen molar-refractivity contribution < 1.29 is 24.1 Å². The van der Waals surface area contributed by atoms with Crippen molar-refractivity contribution in [2.45, 2.75) is 38.4 Å². The van der Waals surface area contributed by atoms with Crippen molar-refractivity contribution in [2.75, 3.05) is 6.61 Å². The van der Waals surface area contributed by atoms with Crippen LogP contribution in [-0.2, 0) is 9.47 Å². The van der Waals surface area contributed by atoms with Crippen molar-refractivity contribution in [3.63, 3.8) is 0 Å². The number of nitro benzene ring substituents is 2. The Kier molecular flexibility index (Phi) is 5.22. The van der Waals surface area contributed by atoms with Crippen molar-refractivity contribution in [3.05, 3.63) is 44.0 Å². The van der Waals surface area contributed by atoms with Crippen LogP contribution in [0.1, 0.15) is 36.5 Å². The molecule has 0 bridgehead atoms. The molecular weight excluding hydrogens is 308 g/mol. The van der Waals surface area contributed by atoms with Crippen molar-refractivity contribution in [1.82, 2.24) is 0 Å². The average molecular weight is 324 g/mol. The maximum absolute atomic E-state index is 12.1. The molecule has 0 aliphatic carbocycles. The molecule has 2 rings (SSSR count). The number of esters is 1. The average Bonchev–Trinajstić information content (AvgIpc) is 2.99. The lowest BCUT2D eigenvalue weighted by Crippen LogP contribution is -2.21. The van der Waals surface area contributed by atoms with Crippen LogP contribution in [0, 0.1) is 20.2 Å². The minimum absolute atomic E-state index is 0.0252. The highest BCUT2D eigenvalue weighted by atomic mass is 16.6. The number of rotatable bonds is 6. The maximum Gasteiger partial charge on any atom is 0.338 e. The van der Waals surface area contributed by atoms with E-state index in [4.69, 9.17) is 9.47 Å². The summed E-state index contributed by atoms with van der Waals surface area (Å²) in [5, 5.41) is 21.6. The standard InChI is InChI=1S/C14H16N2O7/c1-9(5-13-3-2-4-22-13)23-14(17)10-6-11(15(18)19)8-12(7-10)16(20)21/h6-9,13H,2-5H2,1H3/t9-,13+/m0/s1. The molecular formula is C14H16N2O7. The Balaban J connectivity index is 2.11. The summed E-state index contributed by atoms with van der Waals surface area (Å²) in [6.07, 6.45) is 1.94. The second-order valence-corrected chi connectivity index (χ2v) is 5.34. The number of ether oxygens (including phenoxy) is 2. The molecule has 0 unspecified atom stereocenters. The number of nitro groups is 2. The molecule has 0 aromatic heterocycles. The van der Waals surface area contributed by atoms with Crippen LogP contribution in [0.5, 0.6) is 0 Å². The van der Waals surface area contributed by atoms with Crippen LogP contribution in [-0.4, -0.2) is 34.6 Å². The minimum Gasteiger partial charge on any atom is -0.459 e. The second-order valence-electron chi connectivity index (χ2n) is 5.34. The van der Waals surface area contributed by atoms with Crippen LogP contribution in [0.2, 0.25) is 0 Å². The van der Waals surface area contributed by atoms with Crippen molar-refractivity contribution in [1.29, 1.82) is 0 Å². The molecule has 9 nitrogen and oxygen atoms in total. The number of nitrogens with zero attached hydrogens (tertiary/aromatic N) is 2. The molecule has 9 heteroatoms. The van der Waals surface area contributed by atoms with Gasteiger partial charge in [0.2, 0.25) is 0 Å². The van der Waals surface area contributed by atoms with Gasteiger partial charge in [-0.15, -0.1) is 0 Å². The molecule has 1 heterocycles. The third kappa shape index (κ3) is 4.46. The van der Waals surface area contributed by atoms with Crippen LogP contribution in [0.25, 0.3) is 0 Å². The lowest BCUT2D eigenvalue weighted by Gasteiger charge is -2.16. The molecule has 0 N–H and O–H groups in total. The van der Waals surface area contributed by atoms with Crippen molar-refractivity contribution in [3.8, 4) is 0 Å². The van der Waals surface area contributed by atoms with Crippen LogP contribution < -0.4 is 0 Å². The van der Waals surface area contributed by atoms with E-state index in [1.165, 1.54) is 0 Å². The summed E-state index contributed by atoms with van der Waals surface area (Å²) >= 11 is 0. The van der Waals surface area contributed by atoms with Crippen molar-refractivity contribution in [2.24, 2.45) is 0 Å². The topological polar surface area (TPSA) is 122 Å². The Labute approximate surface area is 131 Å². The highest BCUT2D eigenvalue weighted by Crippen LogP contribution is 2.24. The first-order valence-electron chi connectivity index (χ1n) is 7.13. The zero-order valence-corrected chi connectivity index (χ0v) is 12.5. The minimum atomic E-state index is -0.831. The summed E-state index contributed by atoms with van der Waals surface area (Å²) in [6.45, 7) is 2.37. The highest BCUT2D eigenvalue weighted by molar-refractivity contribution is 5.91. The van der Waals surface area contributed by atoms with E-state index < -0.39 is 33.3 Å². The molecule has 2 atom stereocenters. The van der Waals surface area contributed by atoms with E-state index in [1.54, 1.807) is 6.92 Å². The lowest BCUT2D eigenvalue weighted by atomic mass is 10.1. The Morgan fingerprint density at radius 3 is 2.39 bits per heavy atom. The molecule has 23 heavy (non-hydrogen) atoms. The Morgan fingerprint density at radius 1 is 1.30 bits per heavy atom. The molecule has 1 aromatic rings. The zero-order valence-electron chi connectivity index (χ0n) is 12.5. The fraction of sp³-hybridized carbons (Fsp3) is 0.500. The molecule has 1 fully saturated rings. The molecule has 1 aliphatic heterocycles. The number of benzene rings is 1. The molecule has 1 aromatic carbocycles. The summed E-state index contributed by atoms with van der Waals surface area (Å²) in [5.74, 6) is -0.831. The SMILES string of the molecule is C[C@@H](C[C@H]1CCCO1)OC(=O)c1cc([N+](=O)[O-])cc([N+](=O)[O-])c1. The monoisotopic (exact) mass is 324 g/mol. The van der Waals surface area contributed by atoms with E-state index >= 15 is 0 Å². The number of carbonyl (C=O) groups excluding carboxylic acids is 1. The molecule has 1 saturated heterocycles. The summed E-state index contributed by atoms with van der Waals surface area (Å²) in [4.78, 5) is 32.1. The summed E-state index contributed by atoms with van der Waals surface area (Å²) < 4.78 is 10.6. The predicted octanol–water partition coefficient (Wildman–Crippen LogP) is 2.62. The van der Waals surface area contributed by atoms with Gasteiger partial charge in [-0.05, 0) is 19.8 Å². The Morgan fingerprint density at radius 2 is 1.91 bits per heavy atom. The Hall–Kier alpha value is -2.55. The fourth-order valence-corrected chi connectivity index (χ4v) is 2.42. The van der Waals surface area contributed by atoms with Gasteiger partial charge in [0.25, 0.3) is 11.4 Å². The number of carbonyl (C=O) groups is 1. The quantitative estimate of drug-likeness (QED) is 0.447. The summed E-state index contributed by atoms with van der Waals surface area (Å²) in [5.41, 5.74) is -1.28. The lowest BCUT2D eigenvalue weighted by molar-refractivity contribution is -0.394. The first-order valence-corrected chi connectivity index (χ1v) is 7.13. The predicted molar refractivity (Wildman–Crippen MR) is 78.2 cm³/mol. The first kappa shape index (κ1) is 16.8. The maximum atomic E-state index is 12.1. The summed E-state index contributed by atoms with van der Waals surface area (Å²) in [6, 6.07) is 2.73. The van der Waals surface area contributed by atoms with Gasteiger partial charge in [-0.3, -0.25) is 20.2 Å². The Bertz CT molecular complexity index is 593. The zero-order chi connectivity index (χ0) is 17.0. The van der Waals surface area contributed by atoms with Crippen LogP contribution >= 0.6 is 0 Å². The third-order valence-corrected chi connectivity index (χ3v) is 3.49. The van der Waals surface area contributed by atoms with Gasteiger partial charge >= 0.3 is 5.97 Å². The van der Waals surface area contributed by atoms with Crippen LogP contribution in [0.15, 0.2) is 18.2 Å². The van der Waals surface area contributed by atoms with Gasteiger partial charge in [-0.1, -0.05) is 0 Å². The van der Waals surface area contributed by atoms with E-state index in [0.717, 1.165) is 31.0 Å². The van der Waals surface area contributed by atoms with Gasteiger partial charge in [0, 0.05) is 25.2 Å². The molecule has 0 spiro atoms. The normalized spacial score (nSPS) is 18.4. The van der Waals surface area contributed by atoms with Gasteiger partial charge in [0.15, 0.2) is 0 Å². The largest absolute Gasteiger partial charge is 0.459 e. The highest BCUT2D eigenvalue weighted by Gasteiger charge is 2.24. The van der Waals surface area contributed by atoms with Crippen LogP contribution in [0.3, 0.4) is 0 Å². The van der Waals surface area contributed by atoms with E-state index in [2.05, 4.69) is 0 Å². The van der Waals surface area contributed by atoms with E-state index in [0.29, 0.717) is 13.0 Å². The number of non-ortho nitro benzene ring substituents is 2.